The summed E-state index contributed by atoms with van der Waals surface area (Å²) in [7, 11) is 0. The molecule has 0 saturated carbocycles. The maximum atomic E-state index is 13.7. The van der Waals surface area contributed by atoms with Crippen molar-refractivity contribution in [3.05, 3.63) is 99.2 Å². The van der Waals surface area contributed by atoms with E-state index in [1.165, 1.54) is 0 Å². The van der Waals surface area contributed by atoms with Crippen LogP contribution in [-0.4, -0.2) is 24.8 Å². The van der Waals surface area contributed by atoms with Gasteiger partial charge in [0.2, 0.25) is 11.2 Å². The minimum absolute atomic E-state index is 0.115. The first-order chi connectivity index (χ1) is 17.7. The lowest BCUT2D eigenvalue weighted by Crippen LogP contribution is -2.33. The van der Waals surface area contributed by atoms with Crippen LogP contribution >= 0.6 is 11.6 Å². The van der Waals surface area contributed by atoms with E-state index in [1.54, 1.807) is 26.8 Å². The minimum atomic E-state index is -0.574. The molecule has 1 N–H and O–H groups in total. The molecule has 0 fully saturated rings. The number of fused-ring (bicyclic) bond motifs is 1. The number of rotatable bonds is 8. The van der Waals surface area contributed by atoms with Gasteiger partial charge in [0.25, 0.3) is 0 Å². The fraction of sp³-hybridized carbons (Fsp3) is 0.267. The Labute approximate surface area is 221 Å². The molecule has 0 aliphatic rings. The van der Waals surface area contributed by atoms with E-state index in [0.717, 1.165) is 16.7 Å². The van der Waals surface area contributed by atoms with E-state index in [9.17, 15) is 9.59 Å². The van der Waals surface area contributed by atoms with Crippen LogP contribution in [0.25, 0.3) is 22.3 Å². The van der Waals surface area contributed by atoms with Crippen molar-refractivity contribution in [3.8, 4) is 17.1 Å². The second kappa shape index (κ2) is 11.5. The van der Waals surface area contributed by atoms with Gasteiger partial charge in [0.1, 0.15) is 11.2 Å². The fourth-order valence-electron chi connectivity index (χ4n) is 3.92. The number of benzene rings is 3. The molecule has 3 aromatic carbocycles. The second-order valence-corrected chi connectivity index (χ2v) is 10.1. The predicted molar refractivity (Wildman–Crippen MR) is 147 cm³/mol. The van der Waals surface area contributed by atoms with E-state index in [4.69, 9.17) is 25.5 Å². The number of nitrogens with one attached hydrogen (secondary N) is 1. The highest BCUT2D eigenvalue weighted by atomic mass is 35.5. The van der Waals surface area contributed by atoms with Gasteiger partial charge in [-0.15, -0.1) is 0 Å². The molecule has 1 amide bonds. The molecule has 4 rings (SSSR count). The van der Waals surface area contributed by atoms with Crippen molar-refractivity contribution in [1.82, 2.24) is 5.32 Å². The number of carbonyl (C=O) groups is 1. The van der Waals surface area contributed by atoms with Crippen LogP contribution in [0.1, 0.15) is 38.3 Å². The lowest BCUT2D eigenvalue weighted by atomic mass is 10.0. The van der Waals surface area contributed by atoms with Crippen LogP contribution in [0.5, 0.6) is 5.75 Å². The molecule has 4 aromatic rings. The molecule has 6 nitrogen and oxygen atoms in total. The van der Waals surface area contributed by atoms with Gasteiger partial charge < -0.3 is 19.2 Å². The van der Waals surface area contributed by atoms with Gasteiger partial charge in [-0.1, -0.05) is 72.3 Å². The van der Waals surface area contributed by atoms with Gasteiger partial charge in [-0.2, -0.15) is 0 Å². The van der Waals surface area contributed by atoms with E-state index in [0.29, 0.717) is 41.1 Å². The van der Waals surface area contributed by atoms with E-state index in [2.05, 4.69) is 5.32 Å². The number of carbonyl (C=O) groups excluding carboxylic acids is 1. The van der Waals surface area contributed by atoms with Gasteiger partial charge in [-0.3, -0.25) is 4.79 Å². The third kappa shape index (κ3) is 6.92. The number of hydrogen-bond acceptors (Lipinski definition) is 5. The van der Waals surface area contributed by atoms with Crippen LogP contribution in [0.15, 0.2) is 82.0 Å². The van der Waals surface area contributed by atoms with E-state index in [1.807, 2.05) is 66.7 Å². The van der Waals surface area contributed by atoms with E-state index in [-0.39, 0.29) is 17.8 Å². The van der Waals surface area contributed by atoms with Crippen molar-refractivity contribution in [3.63, 3.8) is 0 Å². The molecule has 0 radical (unpaired) electrons. The highest BCUT2D eigenvalue weighted by Crippen LogP contribution is 2.34. The van der Waals surface area contributed by atoms with Crippen LogP contribution in [0.4, 0.5) is 4.79 Å². The Morgan fingerprint density at radius 1 is 1.00 bits per heavy atom. The predicted octanol–water partition coefficient (Wildman–Crippen LogP) is 7.00. The van der Waals surface area contributed by atoms with Crippen molar-refractivity contribution in [2.24, 2.45) is 0 Å². The van der Waals surface area contributed by atoms with Crippen LogP contribution in [0.2, 0.25) is 5.02 Å². The molecule has 0 bridgehead atoms. The average Bonchev–Trinajstić information content (AvgIpc) is 2.85. The molecule has 0 spiro atoms. The quantitative estimate of drug-likeness (QED) is 0.254. The Morgan fingerprint density at radius 2 is 1.68 bits per heavy atom. The molecule has 0 saturated heterocycles. The summed E-state index contributed by atoms with van der Waals surface area (Å²) in [5.41, 5.74) is 2.23. The zero-order valence-electron chi connectivity index (χ0n) is 21.2. The largest absolute Gasteiger partial charge is 0.486 e. The molecule has 7 heteroatoms. The first-order valence-electron chi connectivity index (χ1n) is 12.2. The lowest BCUT2D eigenvalue weighted by Gasteiger charge is -2.19. The molecule has 1 aromatic heterocycles. The van der Waals surface area contributed by atoms with Gasteiger partial charge in [0.05, 0.1) is 12.0 Å². The van der Waals surface area contributed by atoms with Crippen molar-refractivity contribution in [1.29, 1.82) is 0 Å². The van der Waals surface area contributed by atoms with Crippen LogP contribution in [0, 0.1) is 0 Å². The third-order valence-electron chi connectivity index (χ3n) is 5.50. The zero-order valence-corrected chi connectivity index (χ0v) is 21.9. The highest BCUT2D eigenvalue weighted by Gasteiger charge is 2.21. The number of hydrogen-bond donors (Lipinski definition) is 1. The Hall–Kier alpha value is -3.77. The molecule has 37 heavy (non-hydrogen) atoms. The molecule has 0 aliphatic carbocycles. The van der Waals surface area contributed by atoms with E-state index >= 15 is 0 Å². The molecule has 0 atom stereocenters. The van der Waals surface area contributed by atoms with Gasteiger partial charge >= 0.3 is 6.09 Å². The Bertz CT molecular complexity index is 1430. The maximum Gasteiger partial charge on any atom is 0.407 e. The topological polar surface area (TPSA) is 77.8 Å². The average molecular weight is 520 g/mol. The Morgan fingerprint density at radius 3 is 2.35 bits per heavy atom. The van der Waals surface area contributed by atoms with Crippen LogP contribution < -0.4 is 15.5 Å². The summed E-state index contributed by atoms with van der Waals surface area (Å²) >= 11 is 6.42. The summed E-state index contributed by atoms with van der Waals surface area (Å²) in [6.07, 6.45) is 0.536. The van der Waals surface area contributed by atoms with Crippen molar-refractivity contribution in [2.45, 2.75) is 39.2 Å². The molecule has 0 unspecified atom stereocenters. The zero-order chi connectivity index (χ0) is 26.4. The summed E-state index contributed by atoms with van der Waals surface area (Å²) in [4.78, 5) is 25.5. The normalized spacial score (nSPS) is 11.4. The number of halogens is 1. The summed E-state index contributed by atoms with van der Waals surface area (Å²) in [6.45, 7) is 5.94. The minimum Gasteiger partial charge on any atom is -0.486 e. The first kappa shape index (κ1) is 26.3. The maximum absolute atomic E-state index is 13.7. The highest BCUT2D eigenvalue weighted by molar-refractivity contribution is 6.31. The summed E-state index contributed by atoms with van der Waals surface area (Å²) in [5.74, 6) is 0.471. The van der Waals surface area contributed by atoms with Crippen molar-refractivity contribution >= 4 is 28.7 Å². The first-order valence-corrected chi connectivity index (χ1v) is 12.6. The Kier molecular flexibility index (Phi) is 8.19. The van der Waals surface area contributed by atoms with Gasteiger partial charge in [-0.25, -0.2) is 4.79 Å². The molecule has 1 heterocycles. The monoisotopic (exact) mass is 519 g/mol. The lowest BCUT2D eigenvalue weighted by molar-refractivity contribution is 0.0525. The third-order valence-corrected chi connectivity index (χ3v) is 5.72. The molecule has 192 valence electrons. The summed E-state index contributed by atoms with van der Waals surface area (Å²) in [5, 5.41) is 3.50. The van der Waals surface area contributed by atoms with Crippen molar-refractivity contribution < 1.29 is 18.7 Å². The van der Waals surface area contributed by atoms with Gasteiger partial charge in [0.15, 0.2) is 5.76 Å². The number of ether oxygens (including phenoxy) is 2. The van der Waals surface area contributed by atoms with Crippen LogP contribution in [-0.2, 0) is 11.2 Å². The molecule has 0 aliphatic heterocycles. The van der Waals surface area contributed by atoms with E-state index < -0.39 is 11.7 Å². The molecular weight excluding hydrogens is 490 g/mol. The Balaban J connectivity index is 1.64. The summed E-state index contributed by atoms with van der Waals surface area (Å²) in [6, 6.07) is 22.8. The molecular formula is C30H30ClNO5. The number of amides is 1. The van der Waals surface area contributed by atoms with Crippen molar-refractivity contribution in [2.75, 3.05) is 13.2 Å². The smallest absolute Gasteiger partial charge is 0.407 e. The SMILES string of the molecule is CC(C)(C)OC(=O)NCCCOc1c(-c2ccccc2)oc2c(Cc3ccccc3)cc(Cl)cc2c1=O. The second-order valence-electron chi connectivity index (χ2n) is 9.69. The summed E-state index contributed by atoms with van der Waals surface area (Å²) < 4.78 is 17.6. The van der Waals surface area contributed by atoms with Gasteiger partial charge in [0, 0.05) is 29.1 Å². The van der Waals surface area contributed by atoms with Gasteiger partial charge in [-0.05, 0) is 44.9 Å². The standard InChI is InChI=1S/C30H30ClNO5/c1-30(2,3)37-29(34)32-15-10-16-35-28-25(33)24-19-23(31)18-22(17-20-11-6-4-7-12-20)26(24)36-27(28)21-13-8-5-9-14-21/h4-9,11-14,18-19H,10,15-17H2,1-3H3,(H,32,34). The van der Waals surface area contributed by atoms with Crippen LogP contribution in [0.3, 0.4) is 0 Å². The number of alkyl carbamates (subject to hydrolysis) is 1. The fourth-order valence-corrected chi connectivity index (χ4v) is 4.16.